The van der Waals surface area contributed by atoms with Crippen LogP contribution in [0.3, 0.4) is 0 Å². The minimum Gasteiger partial charge on any atom is -0.489 e. The third-order valence-electron chi connectivity index (χ3n) is 5.56. The Balaban J connectivity index is 1.30. The SMILES string of the molecule is N#Cc1ccccc1COc1cccc(C(=O)NCC2CCN(C3CC3)C2)c1. The molecule has 1 saturated carbocycles. The zero-order valence-electron chi connectivity index (χ0n) is 15.9. The standard InChI is InChI=1S/C23H25N3O2/c24-13-19-4-1-2-5-20(19)16-28-22-7-3-6-18(12-22)23(27)25-14-17-10-11-26(15-17)21-8-9-21/h1-7,12,17,21H,8-11,14-16H2,(H,25,27). The van der Waals surface area contributed by atoms with Gasteiger partial charge in [-0.05, 0) is 56.0 Å². The molecular weight excluding hydrogens is 350 g/mol. The topological polar surface area (TPSA) is 65.4 Å². The van der Waals surface area contributed by atoms with Crippen LogP contribution in [0.1, 0.15) is 40.7 Å². The molecule has 2 fully saturated rings. The number of carbonyl (C=O) groups is 1. The molecule has 1 amide bonds. The van der Waals surface area contributed by atoms with E-state index in [1.54, 1.807) is 18.2 Å². The first kappa shape index (κ1) is 18.5. The summed E-state index contributed by atoms with van der Waals surface area (Å²) in [4.78, 5) is 15.1. The summed E-state index contributed by atoms with van der Waals surface area (Å²) in [5.41, 5.74) is 2.04. The van der Waals surface area contributed by atoms with Crippen molar-refractivity contribution in [1.82, 2.24) is 10.2 Å². The van der Waals surface area contributed by atoms with Gasteiger partial charge in [-0.2, -0.15) is 5.26 Å². The molecule has 2 aromatic rings. The maximum atomic E-state index is 12.5. The molecule has 28 heavy (non-hydrogen) atoms. The fraction of sp³-hybridized carbons (Fsp3) is 0.391. The number of nitrogens with one attached hydrogen (secondary N) is 1. The van der Waals surface area contributed by atoms with Gasteiger partial charge in [0.1, 0.15) is 12.4 Å². The molecule has 1 unspecified atom stereocenters. The quantitative estimate of drug-likeness (QED) is 0.806. The van der Waals surface area contributed by atoms with Crippen molar-refractivity contribution in [2.75, 3.05) is 19.6 Å². The second-order valence-electron chi connectivity index (χ2n) is 7.68. The van der Waals surface area contributed by atoms with E-state index < -0.39 is 0 Å². The van der Waals surface area contributed by atoms with Crippen LogP contribution in [0.15, 0.2) is 48.5 Å². The highest BCUT2D eigenvalue weighted by Crippen LogP contribution is 2.31. The van der Waals surface area contributed by atoms with Crippen LogP contribution in [0, 0.1) is 17.2 Å². The molecule has 1 saturated heterocycles. The van der Waals surface area contributed by atoms with E-state index in [9.17, 15) is 10.1 Å². The van der Waals surface area contributed by atoms with Crippen LogP contribution in [-0.2, 0) is 6.61 Å². The first-order chi connectivity index (χ1) is 13.7. The van der Waals surface area contributed by atoms with E-state index in [2.05, 4.69) is 16.3 Å². The monoisotopic (exact) mass is 375 g/mol. The Hall–Kier alpha value is -2.84. The van der Waals surface area contributed by atoms with Gasteiger partial charge in [0.15, 0.2) is 0 Å². The first-order valence-corrected chi connectivity index (χ1v) is 9.96. The fourth-order valence-corrected chi connectivity index (χ4v) is 3.78. The van der Waals surface area contributed by atoms with Gasteiger partial charge in [-0.15, -0.1) is 0 Å². The highest BCUT2D eigenvalue weighted by Gasteiger charge is 2.34. The van der Waals surface area contributed by atoms with Crippen LogP contribution >= 0.6 is 0 Å². The number of amides is 1. The molecule has 5 nitrogen and oxygen atoms in total. The lowest BCUT2D eigenvalue weighted by molar-refractivity contribution is 0.0947. The number of hydrogen-bond acceptors (Lipinski definition) is 4. The number of nitriles is 1. The number of likely N-dealkylation sites (tertiary alicyclic amines) is 1. The maximum absolute atomic E-state index is 12.5. The normalized spacial score (nSPS) is 19.2. The Bertz CT molecular complexity index is 885. The van der Waals surface area contributed by atoms with Crippen molar-refractivity contribution < 1.29 is 9.53 Å². The lowest BCUT2D eigenvalue weighted by Crippen LogP contribution is -2.31. The van der Waals surface area contributed by atoms with Crippen LogP contribution < -0.4 is 10.1 Å². The molecule has 5 heteroatoms. The fourth-order valence-electron chi connectivity index (χ4n) is 3.78. The van der Waals surface area contributed by atoms with E-state index in [-0.39, 0.29) is 5.91 Å². The summed E-state index contributed by atoms with van der Waals surface area (Å²) in [6, 6.07) is 17.6. The lowest BCUT2D eigenvalue weighted by atomic mass is 10.1. The van der Waals surface area contributed by atoms with Gasteiger partial charge >= 0.3 is 0 Å². The molecule has 4 rings (SSSR count). The second kappa shape index (κ2) is 8.45. The van der Waals surface area contributed by atoms with Gasteiger partial charge in [-0.1, -0.05) is 24.3 Å². The van der Waals surface area contributed by atoms with Crippen molar-refractivity contribution in [1.29, 1.82) is 5.26 Å². The second-order valence-corrected chi connectivity index (χ2v) is 7.68. The Morgan fingerprint density at radius 1 is 1.18 bits per heavy atom. The maximum Gasteiger partial charge on any atom is 0.251 e. The number of nitrogens with zero attached hydrogens (tertiary/aromatic N) is 2. The molecule has 2 aromatic carbocycles. The van der Waals surface area contributed by atoms with Crippen LogP contribution in [0.5, 0.6) is 5.75 Å². The lowest BCUT2D eigenvalue weighted by Gasteiger charge is -2.15. The molecule has 0 bridgehead atoms. The van der Waals surface area contributed by atoms with Crippen molar-refractivity contribution in [3.05, 3.63) is 65.2 Å². The van der Waals surface area contributed by atoms with Gasteiger partial charge in [0.2, 0.25) is 0 Å². The molecule has 1 atom stereocenters. The first-order valence-electron chi connectivity index (χ1n) is 9.96. The summed E-state index contributed by atoms with van der Waals surface area (Å²) >= 11 is 0. The molecule has 1 aliphatic heterocycles. The molecule has 1 aliphatic carbocycles. The highest BCUT2D eigenvalue weighted by molar-refractivity contribution is 5.94. The molecule has 1 heterocycles. The zero-order valence-corrected chi connectivity index (χ0v) is 15.9. The van der Waals surface area contributed by atoms with Crippen LogP contribution in [0.2, 0.25) is 0 Å². The molecule has 0 radical (unpaired) electrons. The van der Waals surface area contributed by atoms with Crippen molar-refractivity contribution in [3.63, 3.8) is 0 Å². The average Bonchev–Trinajstić information content (AvgIpc) is 3.49. The largest absolute Gasteiger partial charge is 0.489 e. The number of benzene rings is 2. The van der Waals surface area contributed by atoms with E-state index in [0.29, 0.717) is 29.4 Å². The van der Waals surface area contributed by atoms with E-state index in [4.69, 9.17) is 4.74 Å². The summed E-state index contributed by atoms with van der Waals surface area (Å²) in [5, 5.41) is 12.2. The Morgan fingerprint density at radius 2 is 2.04 bits per heavy atom. The summed E-state index contributed by atoms with van der Waals surface area (Å²) in [5.74, 6) is 1.11. The zero-order chi connectivity index (χ0) is 19.3. The van der Waals surface area contributed by atoms with E-state index >= 15 is 0 Å². The summed E-state index contributed by atoms with van der Waals surface area (Å²) in [6.45, 7) is 3.29. The van der Waals surface area contributed by atoms with Crippen LogP contribution in [-0.4, -0.2) is 36.5 Å². The van der Waals surface area contributed by atoms with Gasteiger partial charge in [0.25, 0.3) is 5.91 Å². The predicted molar refractivity (Wildman–Crippen MR) is 107 cm³/mol. The van der Waals surface area contributed by atoms with Crippen molar-refractivity contribution in [2.45, 2.75) is 31.9 Å². The molecule has 144 valence electrons. The minimum atomic E-state index is -0.0623. The van der Waals surface area contributed by atoms with Crippen molar-refractivity contribution in [3.8, 4) is 11.8 Å². The molecule has 0 spiro atoms. The molecule has 0 aromatic heterocycles. The summed E-state index contributed by atoms with van der Waals surface area (Å²) in [7, 11) is 0. The highest BCUT2D eigenvalue weighted by atomic mass is 16.5. The molecule has 2 aliphatic rings. The van der Waals surface area contributed by atoms with Gasteiger partial charge in [0.05, 0.1) is 11.6 Å². The van der Waals surface area contributed by atoms with Crippen molar-refractivity contribution >= 4 is 5.91 Å². The van der Waals surface area contributed by atoms with Gasteiger partial charge < -0.3 is 15.0 Å². The Kier molecular flexibility index (Phi) is 5.59. The van der Waals surface area contributed by atoms with Crippen LogP contribution in [0.25, 0.3) is 0 Å². The predicted octanol–water partition coefficient (Wildman–Crippen LogP) is 3.35. The third kappa shape index (κ3) is 4.52. The molecule has 1 N–H and O–H groups in total. The Labute approximate surface area is 165 Å². The number of hydrogen-bond donors (Lipinski definition) is 1. The Morgan fingerprint density at radius 3 is 2.86 bits per heavy atom. The van der Waals surface area contributed by atoms with E-state index in [0.717, 1.165) is 31.1 Å². The van der Waals surface area contributed by atoms with E-state index in [1.165, 1.54) is 19.4 Å². The third-order valence-corrected chi connectivity index (χ3v) is 5.56. The molecular formula is C23H25N3O2. The number of carbonyl (C=O) groups excluding carboxylic acids is 1. The minimum absolute atomic E-state index is 0.0623. The van der Waals surface area contributed by atoms with Gasteiger partial charge in [-0.25, -0.2) is 0 Å². The average molecular weight is 375 g/mol. The van der Waals surface area contributed by atoms with Gasteiger partial charge in [-0.3, -0.25) is 4.79 Å². The van der Waals surface area contributed by atoms with Crippen LogP contribution in [0.4, 0.5) is 0 Å². The summed E-state index contributed by atoms with van der Waals surface area (Å²) in [6.07, 6.45) is 3.84. The number of ether oxygens (including phenoxy) is 1. The number of rotatable bonds is 7. The smallest absolute Gasteiger partial charge is 0.251 e. The van der Waals surface area contributed by atoms with E-state index in [1.807, 2.05) is 30.3 Å². The van der Waals surface area contributed by atoms with Crippen molar-refractivity contribution in [2.24, 2.45) is 5.92 Å². The summed E-state index contributed by atoms with van der Waals surface area (Å²) < 4.78 is 5.81. The van der Waals surface area contributed by atoms with Gasteiger partial charge in [0, 0.05) is 30.3 Å².